The molecule has 0 aliphatic heterocycles. The molecule has 0 saturated heterocycles. The number of aliphatic hydroxyl groups is 2. The summed E-state index contributed by atoms with van der Waals surface area (Å²) in [6.45, 7) is 2.67. The normalized spacial score (nSPS) is 12.1. The Bertz CT molecular complexity index is 311. The van der Waals surface area contributed by atoms with Crippen molar-refractivity contribution in [3.8, 4) is 0 Å². The summed E-state index contributed by atoms with van der Waals surface area (Å²) in [6, 6.07) is 0. The van der Waals surface area contributed by atoms with Crippen LogP contribution in [-0.4, -0.2) is 46.6 Å². The highest BCUT2D eigenvalue weighted by molar-refractivity contribution is 5.79. The monoisotopic (exact) mass is 302 g/mol. The van der Waals surface area contributed by atoms with E-state index in [2.05, 4.69) is 6.58 Å². The van der Waals surface area contributed by atoms with Crippen LogP contribution in [0.2, 0.25) is 0 Å². The number of rotatable bonds is 13. The van der Waals surface area contributed by atoms with Crippen LogP contribution in [0.15, 0.2) is 12.7 Å². The summed E-state index contributed by atoms with van der Waals surface area (Å²) in [7, 11) is 0. The van der Waals surface area contributed by atoms with Crippen LogP contribution in [-0.2, 0) is 14.3 Å². The Labute approximate surface area is 125 Å². The highest BCUT2D eigenvalue weighted by Crippen LogP contribution is 2.17. The fourth-order valence-electron chi connectivity index (χ4n) is 1.94. The predicted molar refractivity (Wildman–Crippen MR) is 77.7 cm³/mol. The van der Waals surface area contributed by atoms with Gasteiger partial charge in [0.1, 0.15) is 6.10 Å². The molecule has 0 heterocycles. The van der Waals surface area contributed by atoms with Gasteiger partial charge < -0.3 is 20.1 Å². The minimum atomic E-state index is -1.06. The Kier molecular flexibility index (Phi) is 11.5. The Morgan fingerprint density at radius 3 is 2.24 bits per heavy atom. The zero-order valence-corrected chi connectivity index (χ0v) is 12.4. The van der Waals surface area contributed by atoms with Gasteiger partial charge in [-0.15, -0.1) is 6.58 Å². The Morgan fingerprint density at radius 2 is 1.71 bits per heavy atom. The van der Waals surface area contributed by atoms with Gasteiger partial charge in [0.15, 0.2) is 0 Å². The third-order valence-electron chi connectivity index (χ3n) is 3.16. The van der Waals surface area contributed by atoms with E-state index in [1.165, 1.54) is 0 Å². The van der Waals surface area contributed by atoms with Crippen LogP contribution in [0.5, 0.6) is 0 Å². The fourth-order valence-corrected chi connectivity index (χ4v) is 1.94. The van der Waals surface area contributed by atoms with Gasteiger partial charge in [0.2, 0.25) is 0 Å². The molecule has 0 saturated carbocycles. The molecular weight excluding hydrogens is 276 g/mol. The molecule has 0 rings (SSSR count). The molecule has 0 amide bonds. The number of carboxylic acids is 1. The first kappa shape index (κ1) is 19.6. The molecule has 0 fully saturated rings. The lowest BCUT2D eigenvalue weighted by atomic mass is 9.97. The van der Waals surface area contributed by atoms with Crippen molar-refractivity contribution in [2.45, 2.75) is 51.0 Å². The first-order valence-corrected chi connectivity index (χ1v) is 7.30. The molecule has 122 valence electrons. The molecular formula is C15H26O6. The van der Waals surface area contributed by atoms with Gasteiger partial charge in [0, 0.05) is 0 Å². The van der Waals surface area contributed by atoms with Crippen molar-refractivity contribution in [1.82, 2.24) is 0 Å². The largest absolute Gasteiger partial charge is 0.481 e. The van der Waals surface area contributed by atoms with Crippen LogP contribution in [0.1, 0.15) is 44.9 Å². The molecule has 0 spiro atoms. The zero-order valence-electron chi connectivity index (χ0n) is 12.4. The minimum Gasteiger partial charge on any atom is -0.481 e. The predicted octanol–water partition coefficient (Wildman–Crippen LogP) is 1.50. The smallest absolute Gasteiger partial charge is 0.309 e. The first-order valence-electron chi connectivity index (χ1n) is 7.30. The van der Waals surface area contributed by atoms with Crippen molar-refractivity contribution in [1.29, 1.82) is 0 Å². The van der Waals surface area contributed by atoms with Crippen LogP contribution in [0.25, 0.3) is 0 Å². The molecule has 0 aliphatic rings. The number of unbranched alkanes of at least 4 members (excludes halogenated alkanes) is 4. The Balaban J connectivity index is 4.20. The maximum Gasteiger partial charge on any atom is 0.309 e. The number of ether oxygens (including phenoxy) is 1. The summed E-state index contributed by atoms with van der Waals surface area (Å²) in [5.41, 5.74) is 0. The van der Waals surface area contributed by atoms with E-state index in [-0.39, 0.29) is 6.42 Å². The highest BCUT2D eigenvalue weighted by Gasteiger charge is 2.25. The number of carbonyl (C=O) groups is 2. The number of aliphatic hydroxyl groups excluding tert-OH is 2. The van der Waals surface area contributed by atoms with Gasteiger partial charge in [-0.25, -0.2) is 0 Å². The third-order valence-corrected chi connectivity index (χ3v) is 3.16. The van der Waals surface area contributed by atoms with Crippen molar-refractivity contribution in [3.05, 3.63) is 12.7 Å². The van der Waals surface area contributed by atoms with E-state index in [9.17, 15) is 9.59 Å². The van der Waals surface area contributed by atoms with E-state index >= 15 is 0 Å². The molecule has 1 unspecified atom stereocenters. The maximum atomic E-state index is 11.9. The molecule has 0 radical (unpaired) electrons. The van der Waals surface area contributed by atoms with Gasteiger partial charge >= 0.3 is 11.9 Å². The lowest BCUT2D eigenvalue weighted by Crippen LogP contribution is -2.30. The van der Waals surface area contributed by atoms with Gasteiger partial charge in [0.25, 0.3) is 0 Å². The second-order valence-corrected chi connectivity index (χ2v) is 5.00. The molecule has 0 aromatic heterocycles. The van der Waals surface area contributed by atoms with Gasteiger partial charge in [-0.1, -0.05) is 25.3 Å². The van der Waals surface area contributed by atoms with E-state index in [0.29, 0.717) is 6.42 Å². The van der Waals surface area contributed by atoms with Crippen molar-refractivity contribution in [2.75, 3.05) is 13.2 Å². The molecule has 6 heteroatoms. The molecule has 0 bridgehead atoms. The Hall–Kier alpha value is -1.40. The van der Waals surface area contributed by atoms with E-state index in [1.807, 2.05) is 6.08 Å². The molecule has 3 N–H and O–H groups in total. The molecule has 0 aliphatic carbocycles. The second-order valence-electron chi connectivity index (χ2n) is 5.00. The number of carbonyl (C=O) groups excluding carboxylic acids is 1. The van der Waals surface area contributed by atoms with E-state index in [1.54, 1.807) is 0 Å². The van der Waals surface area contributed by atoms with Crippen molar-refractivity contribution >= 4 is 11.9 Å². The molecule has 6 nitrogen and oxygen atoms in total. The SMILES string of the molecule is C=CCCCCCCC(CC(=O)O)C(=O)OC(CO)CO. The summed E-state index contributed by atoms with van der Waals surface area (Å²) >= 11 is 0. The van der Waals surface area contributed by atoms with E-state index < -0.39 is 37.2 Å². The summed E-state index contributed by atoms with van der Waals surface area (Å²) in [5, 5.41) is 26.6. The molecule has 0 aromatic carbocycles. The van der Waals surface area contributed by atoms with E-state index in [0.717, 1.165) is 32.1 Å². The number of esters is 1. The average Bonchev–Trinajstić information content (AvgIpc) is 2.46. The van der Waals surface area contributed by atoms with Gasteiger partial charge in [0.05, 0.1) is 25.6 Å². The highest BCUT2D eigenvalue weighted by atomic mass is 16.6. The minimum absolute atomic E-state index is 0.297. The second kappa shape index (κ2) is 12.3. The average molecular weight is 302 g/mol. The number of carboxylic acid groups (broad SMARTS) is 1. The zero-order chi connectivity index (χ0) is 16.1. The fraction of sp³-hybridized carbons (Fsp3) is 0.733. The van der Waals surface area contributed by atoms with Crippen molar-refractivity contribution < 1.29 is 29.6 Å². The van der Waals surface area contributed by atoms with Gasteiger partial charge in [-0.2, -0.15) is 0 Å². The summed E-state index contributed by atoms with van der Waals surface area (Å²) in [6.07, 6.45) is 5.67. The standard InChI is InChI=1S/C15H26O6/c1-2-3-4-5-6-7-8-12(9-14(18)19)15(20)21-13(10-16)11-17/h2,12-13,16-17H,1,3-11H2,(H,18,19). The summed E-state index contributed by atoms with van der Waals surface area (Å²) in [5.74, 6) is -2.47. The Morgan fingerprint density at radius 1 is 1.10 bits per heavy atom. The maximum absolute atomic E-state index is 11.9. The lowest BCUT2D eigenvalue weighted by molar-refractivity contribution is -0.161. The van der Waals surface area contributed by atoms with E-state index in [4.69, 9.17) is 20.1 Å². The van der Waals surface area contributed by atoms with Gasteiger partial charge in [-0.05, 0) is 19.3 Å². The van der Waals surface area contributed by atoms with Crippen molar-refractivity contribution in [2.24, 2.45) is 5.92 Å². The van der Waals surface area contributed by atoms with Crippen LogP contribution in [0.4, 0.5) is 0 Å². The number of aliphatic carboxylic acids is 1. The number of hydrogen-bond acceptors (Lipinski definition) is 5. The lowest BCUT2D eigenvalue weighted by Gasteiger charge is -2.18. The van der Waals surface area contributed by atoms with Gasteiger partial charge in [-0.3, -0.25) is 9.59 Å². The molecule has 0 aromatic rings. The number of hydrogen-bond donors (Lipinski definition) is 3. The first-order chi connectivity index (χ1) is 10.0. The molecule has 1 atom stereocenters. The van der Waals surface area contributed by atoms with Crippen LogP contribution in [0.3, 0.4) is 0 Å². The van der Waals surface area contributed by atoms with Crippen molar-refractivity contribution in [3.63, 3.8) is 0 Å². The summed E-state index contributed by atoms with van der Waals surface area (Å²) < 4.78 is 4.89. The number of allylic oxidation sites excluding steroid dienone is 1. The molecule has 21 heavy (non-hydrogen) atoms. The topological polar surface area (TPSA) is 104 Å². The summed E-state index contributed by atoms with van der Waals surface area (Å²) in [4.78, 5) is 22.6. The third kappa shape index (κ3) is 10.0. The van der Waals surface area contributed by atoms with Crippen LogP contribution in [0, 0.1) is 5.92 Å². The van der Waals surface area contributed by atoms with Crippen LogP contribution >= 0.6 is 0 Å². The van der Waals surface area contributed by atoms with Crippen LogP contribution < -0.4 is 0 Å². The quantitative estimate of drug-likeness (QED) is 0.270.